The molecule has 0 spiro atoms. The zero-order valence-electron chi connectivity index (χ0n) is 24.1. The minimum atomic E-state index is -0.253. The fourth-order valence-electron chi connectivity index (χ4n) is 5.84. The van der Waals surface area contributed by atoms with Crippen molar-refractivity contribution in [2.75, 3.05) is 26.2 Å². The molecular formula is C34H36N4O4. The molecule has 8 nitrogen and oxygen atoms in total. The van der Waals surface area contributed by atoms with E-state index in [4.69, 9.17) is 9.47 Å². The molecule has 8 heteroatoms. The number of fused-ring (bicyclic) bond motifs is 1. The van der Waals surface area contributed by atoms with Gasteiger partial charge in [-0.05, 0) is 60.7 Å². The van der Waals surface area contributed by atoms with E-state index in [0.717, 1.165) is 47.6 Å². The van der Waals surface area contributed by atoms with Crippen molar-refractivity contribution in [3.63, 3.8) is 0 Å². The number of nitrogens with one attached hydrogen (secondary N) is 1. The first-order valence-corrected chi connectivity index (χ1v) is 14.6. The monoisotopic (exact) mass is 564 g/mol. The van der Waals surface area contributed by atoms with E-state index < -0.39 is 0 Å². The first-order chi connectivity index (χ1) is 20.4. The normalized spacial score (nSPS) is 20.4. The number of allylic oxidation sites excluding steroid dienone is 4. The van der Waals surface area contributed by atoms with Gasteiger partial charge in [0.05, 0.1) is 30.5 Å². The molecule has 1 aliphatic heterocycles. The Labute approximate surface area is 246 Å². The van der Waals surface area contributed by atoms with Gasteiger partial charge < -0.3 is 14.8 Å². The molecule has 0 radical (unpaired) electrons. The average Bonchev–Trinajstić information content (AvgIpc) is 3.61. The molecule has 2 heterocycles. The predicted molar refractivity (Wildman–Crippen MR) is 161 cm³/mol. The number of rotatable bonds is 9. The van der Waals surface area contributed by atoms with Gasteiger partial charge in [0.2, 0.25) is 0 Å². The topological polar surface area (TPSA) is 85.7 Å². The van der Waals surface area contributed by atoms with Gasteiger partial charge in [-0.25, -0.2) is 0 Å². The summed E-state index contributed by atoms with van der Waals surface area (Å²) < 4.78 is 13.6. The average molecular weight is 565 g/mol. The number of ether oxygens (including phenoxy) is 2. The third-order valence-corrected chi connectivity index (χ3v) is 7.79. The van der Waals surface area contributed by atoms with Crippen LogP contribution < -0.4 is 10.1 Å². The van der Waals surface area contributed by atoms with Crippen molar-refractivity contribution >= 4 is 17.8 Å². The highest BCUT2D eigenvalue weighted by Crippen LogP contribution is 2.34. The number of aromatic nitrogens is 2. The molecule has 0 saturated carbocycles. The Morgan fingerprint density at radius 3 is 2.71 bits per heavy atom. The molecule has 1 fully saturated rings. The molecule has 1 N–H and O–H groups in total. The minimum absolute atomic E-state index is 0.0492. The number of amides is 1. The Kier molecular flexibility index (Phi) is 8.17. The lowest BCUT2D eigenvalue weighted by atomic mass is 9.93. The summed E-state index contributed by atoms with van der Waals surface area (Å²) in [4.78, 5) is 28.2. The molecule has 6 rings (SSSR count). The maximum Gasteiger partial charge on any atom is 0.258 e. The zero-order valence-corrected chi connectivity index (χ0v) is 24.1. The molecule has 0 bridgehead atoms. The number of carbonyl (C=O) groups excluding carboxylic acids is 2. The highest BCUT2D eigenvalue weighted by Gasteiger charge is 2.25. The molecule has 2 atom stereocenters. The Bertz CT molecular complexity index is 1560. The second-order valence-corrected chi connectivity index (χ2v) is 11.3. The van der Waals surface area contributed by atoms with Gasteiger partial charge in [0, 0.05) is 43.5 Å². The van der Waals surface area contributed by atoms with Crippen molar-refractivity contribution in [3.05, 3.63) is 112 Å². The lowest BCUT2D eigenvalue weighted by molar-refractivity contribution is -0.114. The highest BCUT2D eigenvalue weighted by atomic mass is 16.5. The van der Waals surface area contributed by atoms with E-state index in [2.05, 4.69) is 41.3 Å². The van der Waals surface area contributed by atoms with E-state index in [1.807, 2.05) is 42.5 Å². The largest absolute Gasteiger partial charge is 0.492 e. The number of benzene rings is 2. The summed E-state index contributed by atoms with van der Waals surface area (Å²) in [5.74, 6) is 0.621. The van der Waals surface area contributed by atoms with Crippen LogP contribution in [-0.4, -0.2) is 64.8 Å². The lowest BCUT2D eigenvalue weighted by Gasteiger charge is -2.35. The fourth-order valence-corrected chi connectivity index (χ4v) is 5.84. The number of carbonyl (C=O) groups is 2. The standard InChI is InChI=1S/C34H36N4O4/c1-23-19-37(20-24(2)42-23)12-13-41-31-10-8-26-14-28(15-27(26)16-31)32-17-30(9-11-33(32)39)36-34(40)29-18-35-38(22-29)21-25-6-4-3-5-7-25/h3-10,15-18,22-24H,11-14,19-21H2,1-2H3,(H,36,40). The van der Waals surface area contributed by atoms with Crippen molar-refractivity contribution < 1.29 is 19.1 Å². The fraction of sp³-hybridized carbons (Fsp3) is 0.324. The predicted octanol–water partition coefficient (Wildman–Crippen LogP) is 4.57. The summed E-state index contributed by atoms with van der Waals surface area (Å²) >= 11 is 0. The van der Waals surface area contributed by atoms with E-state index in [1.165, 1.54) is 0 Å². The van der Waals surface area contributed by atoms with Crippen LogP contribution in [-0.2, 0) is 22.5 Å². The van der Waals surface area contributed by atoms with Crippen LogP contribution in [0.1, 0.15) is 47.3 Å². The summed E-state index contributed by atoms with van der Waals surface area (Å²) in [7, 11) is 0. The molecular weight excluding hydrogens is 528 g/mol. The van der Waals surface area contributed by atoms with Crippen LogP contribution in [0.15, 0.2) is 89.9 Å². The van der Waals surface area contributed by atoms with E-state index in [9.17, 15) is 9.59 Å². The second kappa shape index (κ2) is 12.3. The van der Waals surface area contributed by atoms with E-state index >= 15 is 0 Å². The van der Waals surface area contributed by atoms with E-state index in [1.54, 1.807) is 29.2 Å². The van der Waals surface area contributed by atoms with Gasteiger partial charge in [0.1, 0.15) is 12.4 Å². The maximum absolute atomic E-state index is 13.0. The Hall–Kier alpha value is -4.27. The molecule has 1 saturated heterocycles. The van der Waals surface area contributed by atoms with Gasteiger partial charge in [-0.15, -0.1) is 0 Å². The maximum atomic E-state index is 13.0. The van der Waals surface area contributed by atoms with Crippen molar-refractivity contribution in [3.8, 4) is 5.75 Å². The van der Waals surface area contributed by atoms with Crippen molar-refractivity contribution in [1.29, 1.82) is 0 Å². The van der Waals surface area contributed by atoms with Gasteiger partial charge in [-0.2, -0.15) is 5.10 Å². The Morgan fingerprint density at radius 1 is 1.10 bits per heavy atom. The van der Waals surface area contributed by atoms with Crippen LogP contribution in [0.5, 0.6) is 5.75 Å². The summed E-state index contributed by atoms with van der Waals surface area (Å²) in [5, 5.41) is 7.29. The summed E-state index contributed by atoms with van der Waals surface area (Å²) in [6, 6.07) is 16.1. The first-order valence-electron chi connectivity index (χ1n) is 14.6. The third kappa shape index (κ3) is 6.61. The highest BCUT2D eigenvalue weighted by molar-refractivity contribution is 6.04. The molecule has 42 heavy (non-hydrogen) atoms. The molecule has 2 aromatic carbocycles. The Morgan fingerprint density at radius 2 is 1.90 bits per heavy atom. The SMILES string of the molecule is CC1CN(CCOc2ccc3c(c2)C=C(C2=CC(NC(=O)c4cnn(Cc5ccccc5)c4)=CCC2=O)C3)CC(C)O1. The van der Waals surface area contributed by atoms with Crippen molar-refractivity contribution in [1.82, 2.24) is 20.0 Å². The molecule has 3 aliphatic rings. The van der Waals surface area contributed by atoms with Gasteiger partial charge in [-0.3, -0.25) is 19.2 Å². The number of Topliss-reactive ketones (excluding diaryl/α,β-unsaturated/α-hetero) is 1. The van der Waals surface area contributed by atoms with E-state index in [0.29, 0.717) is 36.4 Å². The van der Waals surface area contributed by atoms with Gasteiger partial charge in [0.25, 0.3) is 5.91 Å². The van der Waals surface area contributed by atoms with Crippen LogP contribution in [0.3, 0.4) is 0 Å². The molecule has 1 aromatic heterocycles. The van der Waals surface area contributed by atoms with Crippen LogP contribution in [0.25, 0.3) is 6.08 Å². The third-order valence-electron chi connectivity index (χ3n) is 7.79. The number of nitrogens with zero attached hydrogens (tertiary/aromatic N) is 3. The van der Waals surface area contributed by atoms with Gasteiger partial charge in [-0.1, -0.05) is 48.6 Å². The lowest BCUT2D eigenvalue weighted by Crippen LogP contribution is -2.46. The zero-order chi connectivity index (χ0) is 29.1. The van der Waals surface area contributed by atoms with E-state index in [-0.39, 0.29) is 30.3 Å². The van der Waals surface area contributed by atoms with Gasteiger partial charge >= 0.3 is 0 Å². The summed E-state index contributed by atoms with van der Waals surface area (Å²) in [6.45, 7) is 8.10. The minimum Gasteiger partial charge on any atom is -0.492 e. The number of hydrogen-bond acceptors (Lipinski definition) is 6. The Balaban J connectivity index is 1.07. The molecule has 1 amide bonds. The summed E-state index contributed by atoms with van der Waals surface area (Å²) in [5.41, 5.74) is 6.02. The quantitative estimate of drug-likeness (QED) is 0.410. The van der Waals surface area contributed by atoms with Crippen LogP contribution in [0.4, 0.5) is 0 Å². The van der Waals surface area contributed by atoms with Crippen LogP contribution in [0, 0.1) is 0 Å². The molecule has 2 unspecified atom stereocenters. The number of morpholine rings is 1. The number of hydrogen-bond donors (Lipinski definition) is 1. The first kappa shape index (κ1) is 27.9. The number of ketones is 1. The second-order valence-electron chi connectivity index (χ2n) is 11.3. The van der Waals surface area contributed by atoms with Crippen LogP contribution >= 0.6 is 0 Å². The molecule has 216 valence electrons. The summed E-state index contributed by atoms with van der Waals surface area (Å²) in [6.07, 6.45) is 10.3. The molecule has 2 aliphatic carbocycles. The van der Waals surface area contributed by atoms with Crippen LogP contribution in [0.2, 0.25) is 0 Å². The van der Waals surface area contributed by atoms with Crippen molar-refractivity contribution in [2.45, 2.75) is 45.4 Å². The molecule has 3 aromatic rings. The smallest absolute Gasteiger partial charge is 0.258 e. The van der Waals surface area contributed by atoms with Gasteiger partial charge in [0.15, 0.2) is 5.78 Å². The van der Waals surface area contributed by atoms with Crippen molar-refractivity contribution in [2.24, 2.45) is 0 Å².